The van der Waals surface area contributed by atoms with E-state index in [0.29, 0.717) is 17.3 Å². The molecule has 3 aromatic rings. The van der Waals surface area contributed by atoms with E-state index in [1.807, 2.05) is 31.9 Å². The second-order valence-electron chi connectivity index (χ2n) is 5.49. The molecule has 0 radical (unpaired) electrons. The second-order valence-corrected chi connectivity index (χ2v) is 5.49. The minimum atomic E-state index is 0.517. The van der Waals surface area contributed by atoms with Crippen molar-refractivity contribution in [2.24, 2.45) is 0 Å². The van der Waals surface area contributed by atoms with Crippen LogP contribution in [0.3, 0.4) is 0 Å². The standard InChI is InChI=1S/C14H20N8O/c1-10-7-15-13-12(16-9-17-22(10)13)18-11-8-21(6-5-20(2)3)19-14(11)23-4/h7-9H,5-6H2,1-4H3,(H,16,17,18). The largest absolute Gasteiger partial charge is 0.478 e. The summed E-state index contributed by atoms with van der Waals surface area (Å²) in [6.45, 7) is 3.60. The van der Waals surface area contributed by atoms with E-state index in [0.717, 1.165) is 24.5 Å². The summed E-state index contributed by atoms with van der Waals surface area (Å²) in [6.07, 6.45) is 5.15. The van der Waals surface area contributed by atoms with Crippen LogP contribution in [-0.4, -0.2) is 62.0 Å². The zero-order chi connectivity index (χ0) is 16.4. The van der Waals surface area contributed by atoms with Gasteiger partial charge >= 0.3 is 0 Å². The summed E-state index contributed by atoms with van der Waals surface area (Å²) in [7, 11) is 5.65. The third-order valence-corrected chi connectivity index (χ3v) is 3.42. The van der Waals surface area contributed by atoms with Crippen molar-refractivity contribution in [2.45, 2.75) is 13.5 Å². The Kier molecular flexibility index (Phi) is 4.11. The van der Waals surface area contributed by atoms with Gasteiger partial charge in [0.2, 0.25) is 0 Å². The predicted molar refractivity (Wildman–Crippen MR) is 86.1 cm³/mol. The molecule has 0 spiro atoms. The van der Waals surface area contributed by atoms with Crippen LogP contribution in [0.1, 0.15) is 5.69 Å². The van der Waals surface area contributed by atoms with Crippen LogP contribution in [0.2, 0.25) is 0 Å². The maximum atomic E-state index is 5.34. The molecule has 0 aromatic carbocycles. The SMILES string of the molecule is COc1nn(CCN(C)C)cc1Nc1ncnn2c(C)cnc12. The Morgan fingerprint density at radius 3 is 2.87 bits per heavy atom. The van der Waals surface area contributed by atoms with Gasteiger partial charge < -0.3 is 15.0 Å². The molecular formula is C14H20N8O. The van der Waals surface area contributed by atoms with E-state index in [4.69, 9.17) is 4.74 Å². The summed E-state index contributed by atoms with van der Waals surface area (Å²) in [6, 6.07) is 0. The number of methoxy groups -OCH3 is 1. The van der Waals surface area contributed by atoms with Crippen molar-refractivity contribution in [3.63, 3.8) is 0 Å². The Bertz CT molecular complexity index is 806. The van der Waals surface area contributed by atoms with Gasteiger partial charge in [0.1, 0.15) is 12.0 Å². The normalized spacial score (nSPS) is 11.3. The number of rotatable bonds is 6. The third kappa shape index (κ3) is 3.09. The smallest absolute Gasteiger partial charge is 0.256 e. The maximum absolute atomic E-state index is 5.34. The molecule has 0 aliphatic carbocycles. The predicted octanol–water partition coefficient (Wildman–Crippen LogP) is 0.943. The van der Waals surface area contributed by atoms with Gasteiger partial charge in [0, 0.05) is 6.54 Å². The molecule has 9 heteroatoms. The number of nitrogens with zero attached hydrogens (tertiary/aromatic N) is 7. The molecule has 0 bridgehead atoms. The van der Waals surface area contributed by atoms with Gasteiger partial charge in [-0.2, -0.15) is 5.10 Å². The molecule has 0 aliphatic heterocycles. The Balaban J connectivity index is 1.89. The van der Waals surface area contributed by atoms with Crippen LogP contribution in [0.4, 0.5) is 11.5 Å². The van der Waals surface area contributed by atoms with Crippen molar-refractivity contribution >= 4 is 17.2 Å². The first-order chi connectivity index (χ1) is 11.1. The Hall–Kier alpha value is -2.68. The van der Waals surface area contributed by atoms with Crippen LogP contribution in [0.5, 0.6) is 5.88 Å². The van der Waals surface area contributed by atoms with E-state index in [9.17, 15) is 0 Å². The van der Waals surface area contributed by atoms with Crippen LogP contribution in [0, 0.1) is 6.92 Å². The fraction of sp³-hybridized carbons (Fsp3) is 0.429. The van der Waals surface area contributed by atoms with Gasteiger partial charge in [0.05, 0.1) is 31.7 Å². The summed E-state index contributed by atoms with van der Waals surface area (Å²) in [5.41, 5.74) is 2.35. The summed E-state index contributed by atoms with van der Waals surface area (Å²) in [5.74, 6) is 1.13. The van der Waals surface area contributed by atoms with Crippen molar-refractivity contribution in [2.75, 3.05) is 33.1 Å². The number of aryl methyl sites for hydroxylation is 1. The lowest BCUT2D eigenvalue weighted by Crippen LogP contribution is -2.18. The van der Waals surface area contributed by atoms with Crippen molar-refractivity contribution in [3.8, 4) is 5.88 Å². The molecule has 0 unspecified atom stereocenters. The number of hydrogen-bond acceptors (Lipinski definition) is 7. The van der Waals surface area contributed by atoms with Crippen LogP contribution in [0.15, 0.2) is 18.7 Å². The number of anilines is 2. The highest BCUT2D eigenvalue weighted by atomic mass is 16.5. The van der Waals surface area contributed by atoms with Gasteiger partial charge in [-0.3, -0.25) is 4.68 Å². The number of hydrogen-bond donors (Lipinski definition) is 1. The highest BCUT2D eigenvalue weighted by Crippen LogP contribution is 2.26. The topological polar surface area (TPSA) is 85.4 Å². The Labute approximate surface area is 133 Å². The van der Waals surface area contributed by atoms with Crippen molar-refractivity contribution in [3.05, 3.63) is 24.4 Å². The van der Waals surface area contributed by atoms with E-state index in [1.165, 1.54) is 6.33 Å². The highest BCUT2D eigenvalue weighted by Gasteiger charge is 2.14. The molecule has 3 heterocycles. The van der Waals surface area contributed by atoms with E-state index in [-0.39, 0.29) is 0 Å². The van der Waals surface area contributed by atoms with E-state index >= 15 is 0 Å². The summed E-state index contributed by atoms with van der Waals surface area (Å²) >= 11 is 0. The molecule has 3 rings (SSSR count). The molecule has 0 amide bonds. The quantitative estimate of drug-likeness (QED) is 0.724. The first kappa shape index (κ1) is 15.2. The van der Waals surface area contributed by atoms with E-state index in [1.54, 1.807) is 17.8 Å². The number of imidazole rings is 1. The van der Waals surface area contributed by atoms with Crippen molar-refractivity contribution in [1.82, 2.24) is 34.3 Å². The van der Waals surface area contributed by atoms with E-state index in [2.05, 4.69) is 30.4 Å². The fourth-order valence-electron chi connectivity index (χ4n) is 2.20. The lowest BCUT2D eigenvalue weighted by atomic mass is 10.5. The number of likely N-dealkylation sites (N-methyl/N-ethyl adjacent to an activating group) is 1. The van der Waals surface area contributed by atoms with Gasteiger partial charge in [-0.15, -0.1) is 5.10 Å². The molecule has 0 aliphatic rings. The molecule has 0 saturated carbocycles. The molecule has 0 saturated heterocycles. The zero-order valence-electron chi connectivity index (χ0n) is 13.7. The minimum absolute atomic E-state index is 0.517. The minimum Gasteiger partial charge on any atom is -0.478 e. The number of fused-ring (bicyclic) bond motifs is 1. The van der Waals surface area contributed by atoms with Gasteiger partial charge in [0.15, 0.2) is 11.5 Å². The van der Waals surface area contributed by atoms with Crippen LogP contribution < -0.4 is 10.1 Å². The number of nitrogens with one attached hydrogen (secondary N) is 1. The lowest BCUT2D eigenvalue weighted by molar-refractivity contribution is 0.358. The molecular weight excluding hydrogens is 296 g/mol. The van der Waals surface area contributed by atoms with Gasteiger partial charge in [-0.1, -0.05) is 0 Å². The summed E-state index contributed by atoms with van der Waals surface area (Å²) in [5, 5.41) is 11.8. The molecule has 9 nitrogen and oxygen atoms in total. The summed E-state index contributed by atoms with van der Waals surface area (Å²) in [4.78, 5) is 10.7. The van der Waals surface area contributed by atoms with Gasteiger partial charge in [-0.25, -0.2) is 14.5 Å². The Morgan fingerprint density at radius 2 is 2.13 bits per heavy atom. The molecule has 23 heavy (non-hydrogen) atoms. The average molecular weight is 316 g/mol. The lowest BCUT2D eigenvalue weighted by Gasteiger charge is -2.08. The van der Waals surface area contributed by atoms with Gasteiger partial charge in [-0.05, 0) is 21.0 Å². The zero-order valence-corrected chi connectivity index (χ0v) is 13.7. The molecule has 0 atom stereocenters. The maximum Gasteiger partial charge on any atom is 0.256 e. The Morgan fingerprint density at radius 1 is 1.30 bits per heavy atom. The average Bonchev–Trinajstić information content (AvgIpc) is 3.10. The van der Waals surface area contributed by atoms with Gasteiger partial charge in [0.25, 0.3) is 5.88 Å². The highest BCUT2D eigenvalue weighted by molar-refractivity contribution is 5.71. The number of aromatic nitrogens is 6. The fourth-order valence-corrected chi connectivity index (χ4v) is 2.20. The molecule has 122 valence electrons. The van der Waals surface area contributed by atoms with Crippen molar-refractivity contribution in [1.29, 1.82) is 0 Å². The van der Waals surface area contributed by atoms with Crippen LogP contribution in [0.25, 0.3) is 5.65 Å². The van der Waals surface area contributed by atoms with E-state index < -0.39 is 0 Å². The van der Waals surface area contributed by atoms with Crippen LogP contribution >= 0.6 is 0 Å². The van der Waals surface area contributed by atoms with Crippen molar-refractivity contribution < 1.29 is 4.74 Å². The number of ether oxygens (including phenoxy) is 1. The first-order valence-corrected chi connectivity index (χ1v) is 7.27. The third-order valence-electron chi connectivity index (χ3n) is 3.42. The van der Waals surface area contributed by atoms with Crippen LogP contribution in [-0.2, 0) is 6.54 Å². The monoisotopic (exact) mass is 316 g/mol. The second kappa shape index (κ2) is 6.21. The molecule has 0 fully saturated rings. The first-order valence-electron chi connectivity index (χ1n) is 7.27. The molecule has 1 N–H and O–H groups in total. The summed E-state index contributed by atoms with van der Waals surface area (Å²) < 4.78 is 8.92. The molecule has 3 aromatic heterocycles.